The molecule has 2 rings (SSSR count). The number of carbonyl (C=O) groups is 1. The summed E-state index contributed by atoms with van der Waals surface area (Å²) in [5.41, 5.74) is 5.86. The highest BCUT2D eigenvalue weighted by molar-refractivity contribution is 5.96. The van der Waals surface area contributed by atoms with Crippen LogP contribution in [0, 0.1) is 0 Å². The molecule has 116 valence electrons. The zero-order chi connectivity index (χ0) is 15.6. The Hall–Kier alpha value is -1.56. The fraction of sp³-hybridized carbons (Fsp3) is 0.533. The first kappa shape index (κ1) is 15.8. The molecule has 1 aromatic carbocycles. The van der Waals surface area contributed by atoms with Crippen molar-refractivity contribution in [1.82, 2.24) is 5.32 Å². The van der Waals surface area contributed by atoms with Crippen LogP contribution in [-0.2, 0) is 12.6 Å². The van der Waals surface area contributed by atoms with Crippen molar-refractivity contribution in [3.63, 3.8) is 0 Å². The fourth-order valence-corrected chi connectivity index (χ4v) is 2.70. The predicted octanol–water partition coefficient (Wildman–Crippen LogP) is 2.88. The molecule has 0 spiro atoms. The van der Waals surface area contributed by atoms with Crippen LogP contribution in [0.15, 0.2) is 18.2 Å². The van der Waals surface area contributed by atoms with Gasteiger partial charge >= 0.3 is 6.18 Å². The zero-order valence-electron chi connectivity index (χ0n) is 11.8. The number of rotatable bonds is 3. The number of aryl methyl sites for hydroxylation is 1. The van der Waals surface area contributed by atoms with Gasteiger partial charge in [-0.3, -0.25) is 4.79 Å². The molecule has 1 fully saturated rings. The van der Waals surface area contributed by atoms with Crippen LogP contribution in [0.1, 0.15) is 47.7 Å². The monoisotopic (exact) mass is 300 g/mol. The maximum Gasteiger partial charge on any atom is 0.416 e. The van der Waals surface area contributed by atoms with Crippen molar-refractivity contribution in [2.75, 3.05) is 0 Å². The van der Waals surface area contributed by atoms with Gasteiger partial charge in [0.25, 0.3) is 5.91 Å². The molecule has 0 bridgehead atoms. The number of alkyl halides is 3. The Morgan fingerprint density at radius 3 is 2.62 bits per heavy atom. The van der Waals surface area contributed by atoms with Crippen LogP contribution >= 0.6 is 0 Å². The lowest BCUT2D eigenvalue weighted by Crippen LogP contribution is -2.44. The average molecular weight is 300 g/mol. The van der Waals surface area contributed by atoms with Gasteiger partial charge in [-0.25, -0.2) is 0 Å². The second-order valence-electron chi connectivity index (χ2n) is 5.40. The zero-order valence-corrected chi connectivity index (χ0v) is 11.8. The number of nitrogens with one attached hydrogen (secondary N) is 1. The molecule has 2 atom stereocenters. The molecular weight excluding hydrogens is 281 g/mol. The minimum Gasteiger partial charge on any atom is -0.348 e. The molecule has 0 aromatic heterocycles. The van der Waals surface area contributed by atoms with Crippen molar-refractivity contribution < 1.29 is 18.0 Å². The normalized spacial score (nSPS) is 22.3. The largest absolute Gasteiger partial charge is 0.416 e. The van der Waals surface area contributed by atoms with Gasteiger partial charge in [0.05, 0.1) is 5.56 Å². The second kappa shape index (κ2) is 6.05. The second-order valence-corrected chi connectivity index (χ2v) is 5.40. The number of carbonyl (C=O) groups excluding carboxylic acids is 1. The third kappa shape index (κ3) is 3.56. The molecule has 0 saturated heterocycles. The molecule has 0 heterocycles. The molecule has 6 heteroatoms. The van der Waals surface area contributed by atoms with E-state index in [-0.39, 0.29) is 18.0 Å². The van der Waals surface area contributed by atoms with Gasteiger partial charge in [0, 0.05) is 17.6 Å². The molecule has 1 aromatic rings. The van der Waals surface area contributed by atoms with Crippen molar-refractivity contribution in [1.29, 1.82) is 0 Å². The van der Waals surface area contributed by atoms with Crippen LogP contribution in [0.2, 0.25) is 0 Å². The van der Waals surface area contributed by atoms with Crippen LogP contribution < -0.4 is 11.1 Å². The molecule has 0 aliphatic heterocycles. The number of benzene rings is 1. The number of hydrogen-bond acceptors (Lipinski definition) is 2. The summed E-state index contributed by atoms with van der Waals surface area (Å²) >= 11 is 0. The summed E-state index contributed by atoms with van der Waals surface area (Å²) in [5.74, 6) is -0.345. The standard InChI is InChI=1S/C15H19F3N2O/c1-2-9-8-10(15(16,17)18)6-7-11(9)14(21)20-13-5-3-4-12(13)19/h6-8,12-13H,2-5,19H2,1H3,(H,20,21)/t12-,13+/m0/s1. The summed E-state index contributed by atoms with van der Waals surface area (Å²) in [6, 6.07) is 3.07. The SMILES string of the molecule is CCc1cc(C(F)(F)F)ccc1C(=O)N[C@@H]1CCC[C@@H]1N. The van der Waals surface area contributed by atoms with Gasteiger partial charge in [-0.05, 0) is 49.4 Å². The Morgan fingerprint density at radius 1 is 1.38 bits per heavy atom. The Bertz CT molecular complexity index is 528. The molecule has 21 heavy (non-hydrogen) atoms. The summed E-state index contributed by atoms with van der Waals surface area (Å²) in [4.78, 5) is 12.2. The molecule has 0 radical (unpaired) electrons. The van der Waals surface area contributed by atoms with Gasteiger partial charge in [0.1, 0.15) is 0 Å². The van der Waals surface area contributed by atoms with Gasteiger partial charge in [-0.15, -0.1) is 0 Å². The van der Waals surface area contributed by atoms with Crippen molar-refractivity contribution in [2.24, 2.45) is 5.73 Å². The van der Waals surface area contributed by atoms with Crippen LogP contribution in [0.25, 0.3) is 0 Å². The molecule has 3 nitrogen and oxygen atoms in total. The van der Waals surface area contributed by atoms with Gasteiger partial charge in [0.15, 0.2) is 0 Å². The number of hydrogen-bond donors (Lipinski definition) is 2. The highest BCUT2D eigenvalue weighted by Gasteiger charge is 2.32. The van der Waals surface area contributed by atoms with Crippen LogP contribution in [0.3, 0.4) is 0 Å². The minimum absolute atomic E-state index is 0.0755. The number of nitrogens with two attached hydrogens (primary N) is 1. The van der Waals surface area contributed by atoms with E-state index < -0.39 is 11.7 Å². The Kier molecular flexibility index (Phi) is 4.56. The third-order valence-electron chi connectivity index (χ3n) is 3.94. The first-order valence-electron chi connectivity index (χ1n) is 7.09. The maximum atomic E-state index is 12.7. The lowest BCUT2D eigenvalue weighted by atomic mass is 10.0. The highest BCUT2D eigenvalue weighted by atomic mass is 19.4. The van der Waals surface area contributed by atoms with Crippen LogP contribution in [-0.4, -0.2) is 18.0 Å². The number of halogens is 3. The highest BCUT2D eigenvalue weighted by Crippen LogP contribution is 2.31. The Morgan fingerprint density at radius 2 is 2.10 bits per heavy atom. The summed E-state index contributed by atoms with van der Waals surface area (Å²) in [7, 11) is 0. The Balaban J connectivity index is 2.20. The summed E-state index contributed by atoms with van der Waals surface area (Å²) < 4.78 is 38.1. The van der Waals surface area contributed by atoms with Crippen LogP contribution in [0.5, 0.6) is 0 Å². The van der Waals surface area contributed by atoms with E-state index in [0.29, 0.717) is 17.5 Å². The van der Waals surface area contributed by atoms with Gasteiger partial charge in [0.2, 0.25) is 0 Å². The quantitative estimate of drug-likeness (QED) is 0.902. The summed E-state index contributed by atoms with van der Waals surface area (Å²) in [5, 5.41) is 2.83. The lowest BCUT2D eigenvalue weighted by molar-refractivity contribution is -0.137. The first-order chi connectivity index (χ1) is 9.82. The minimum atomic E-state index is -4.40. The van der Waals surface area contributed by atoms with E-state index >= 15 is 0 Å². The lowest BCUT2D eigenvalue weighted by Gasteiger charge is -2.19. The van der Waals surface area contributed by atoms with Crippen LogP contribution in [0.4, 0.5) is 13.2 Å². The molecule has 0 unspecified atom stereocenters. The van der Waals surface area contributed by atoms with Gasteiger partial charge in [-0.1, -0.05) is 6.92 Å². The van der Waals surface area contributed by atoms with E-state index in [2.05, 4.69) is 5.32 Å². The smallest absolute Gasteiger partial charge is 0.348 e. The van der Waals surface area contributed by atoms with Gasteiger partial charge in [-0.2, -0.15) is 13.2 Å². The summed E-state index contributed by atoms with van der Waals surface area (Å²) in [6.45, 7) is 1.73. The molecule has 3 N–H and O–H groups in total. The molecule has 1 amide bonds. The molecular formula is C15H19F3N2O. The fourth-order valence-electron chi connectivity index (χ4n) is 2.70. The van der Waals surface area contributed by atoms with Crippen molar-refractivity contribution in [2.45, 2.75) is 50.9 Å². The first-order valence-corrected chi connectivity index (χ1v) is 7.09. The van der Waals surface area contributed by atoms with Crippen molar-refractivity contribution in [3.8, 4) is 0 Å². The predicted molar refractivity (Wildman–Crippen MR) is 73.9 cm³/mol. The summed E-state index contributed by atoms with van der Waals surface area (Å²) in [6.07, 6.45) is -1.40. The maximum absolute atomic E-state index is 12.7. The molecule has 1 aliphatic carbocycles. The van der Waals surface area contributed by atoms with Crippen molar-refractivity contribution in [3.05, 3.63) is 34.9 Å². The van der Waals surface area contributed by atoms with Gasteiger partial charge < -0.3 is 11.1 Å². The van der Waals surface area contributed by atoms with E-state index in [4.69, 9.17) is 5.73 Å². The van der Waals surface area contributed by atoms with E-state index in [0.717, 1.165) is 31.4 Å². The van der Waals surface area contributed by atoms with E-state index in [1.54, 1.807) is 6.92 Å². The topological polar surface area (TPSA) is 55.1 Å². The third-order valence-corrected chi connectivity index (χ3v) is 3.94. The van der Waals surface area contributed by atoms with E-state index in [1.165, 1.54) is 6.07 Å². The molecule has 1 aliphatic rings. The van der Waals surface area contributed by atoms with E-state index in [9.17, 15) is 18.0 Å². The molecule has 1 saturated carbocycles. The number of amides is 1. The average Bonchev–Trinajstić information content (AvgIpc) is 2.82. The van der Waals surface area contributed by atoms with Crippen molar-refractivity contribution >= 4 is 5.91 Å². The Labute approximate surface area is 121 Å². The van der Waals surface area contributed by atoms with E-state index in [1.807, 2.05) is 0 Å².